The van der Waals surface area contributed by atoms with Crippen LogP contribution in [0.5, 0.6) is 0 Å². The lowest BCUT2D eigenvalue weighted by atomic mass is 10.2. The highest BCUT2D eigenvalue weighted by molar-refractivity contribution is 5.56. The molecule has 7 heteroatoms. The van der Waals surface area contributed by atoms with Crippen molar-refractivity contribution in [2.75, 3.05) is 17.2 Å². The topological polar surface area (TPSA) is 49.8 Å². The number of aromatic nitrogens is 2. The molecule has 23 heavy (non-hydrogen) atoms. The van der Waals surface area contributed by atoms with Crippen molar-refractivity contribution in [3.63, 3.8) is 0 Å². The largest absolute Gasteiger partial charge is 0.416 e. The van der Waals surface area contributed by atoms with Gasteiger partial charge in [0, 0.05) is 24.0 Å². The maximum Gasteiger partial charge on any atom is 0.416 e. The number of alkyl halides is 3. The molecule has 0 aliphatic carbocycles. The Balaban J connectivity index is 2.16. The van der Waals surface area contributed by atoms with Gasteiger partial charge in [-0.05, 0) is 31.5 Å². The first-order chi connectivity index (χ1) is 10.9. The number of unbranched alkanes of at least 4 members (excludes halogenated alkanes) is 1. The van der Waals surface area contributed by atoms with Crippen molar-refractivity contribution in [3.05, 3.63) is 41.6 Å². The van der Waals surface area contributed by atoms with Gasteiger partial charge in [-0.1, -0.05) is 19.4 Å². The van der Waals surface area contributed by atoms with E-state index in [0.29, 0.717) is 11.5 Å². The van der Waals surface area contributed by atoms with Gasteiger partial charge in [-0.3, -0.25) is 0 Å². The number of halogens is 3. The van der Waals surface area contributed by atoms with Gasteiger partial charge in [0.2, 0.25) is 5.95 Å². The van der Waals surface area contributed by atoms with Gasteiger partial charge in [0.25, 0.3) is 0 Å². The number of hydrogen-bond acceptors (Lipinski definition) is 4. The van der Waals surface area contributed by atoms with E-state index in [-0.39, 0.29) is 5.95 Å². The second-order valence-corrected chi connectivity index (χ2v) is 5.20. The lowest BCUT2D eigenvalue weighted by Crippen LogP contribution is -2.08. The predicted molar refractivity (Wildman–Crippen MR) is 84.9 cm³/mol. The van der Waals surface area contributed by atoms with Crippen LogP contribution in [0.25, 0.3) is 0 Å². The molecule has 0 unspecified atom stereocenters. The third-order valence-corrected chi connectivity index (χ3v) is 3.14. The molecule has 0 amide bonds. The summed E-state index contributed by atoms with van der Waals surface area (Å²) in [5.74, 6) is 0.920. The molecule has 0 aliphatic rings. The lowest BCUT2D eigenvalue weighted by Gasteiger charge is -2.11. The quantitative estimate of drug-likeness (QED) is 0.752. The van der Waals surface area contributed by atoms with Crippen LogP contribution in [0.3, 0.4) is 0 Å². The van der Waals surface area contributed by atoms with E-state index in [1.165, 1.54) is 6.07 Å². The van der Waals surface area contributed by atoms with Crippen LogP contribution in [-0.4, -0.2) is 16.5 Å². The standard InChI is InChI=1S/C16H19F3N4/c1-3-4-8-20-14-9-11(2)21-15(23-14)22-13-7-5-6-12(10-13)16(17,18)19/h5-7,9-10H,3-4,8H2,1-2H3,(H2,20,21,22,23). The maximum absolute atomic E-state index is 12.7. The first-order valence-corrected chi connectivity index (χ1v) is 7.42. The Bertz CT molecular complexity index is 656. The van der Waals surface area contributed by atoms with E-state index in [1.807, 2.05) is 6.92 Å². The highest BCUT2D eigenvalue weighted by atomic mass is 19.4. The molecule has 0 bridgehead atoms. The number of benzene rings is 1. The molecule has 4 nitrogen and oxygen atoms in total. The fraction of sp³-hybridized carbons (Fsp3) is 0.375. The summed E-state index contributed by atoms with van der Waals surface area (Å²) in [6.45, 7) is 4.69. The molecule has 124 valence electrons. The highest BCUT2D eigenvalue weighted by Crippen LogP contribution is 2.31. The Labute approximate surface area is 133 Å². The molecule has 0 fully saturated rings. The SMILES string of the molecule is CCCCNc1cc(C)nc(Nc2cccc(C(F)(F)F)c2)n1. The number of aryl methyl sites for hydroxylation is 1. The first kappa shape index (κ1) is 17.1. The minimum absolute atomic E-state index is 0.267. The van der Waals surface area contributed by atoms with Crippen LogP contribution in [0.2, 0.25) is 0 Å². The van der Waals surface area contributed by atoms with Gasteiger partial charge in [-0.2, -0.15) is 18.2 Å². The summed E-state index contributed by atoms with van der Waals surface area (Å²) in [6.07, 6.45) is -2.30. The van der Waals surface area contributed by atoms with Crippen LogP contribution >= 0.6 is 0 Å². The van der Waals surface area contributed by atoms with Crippen molar-refractivity contribution >= 4 is 17.5 Å². The predicted octanol–water partition coefficient (Wildman–Crippen LogP) is 4.76. The third-order valence-electron chi connectivity index (χ3n) is 3.14. The van der Waals surface area contributed by atoms with Crippen LogP contribution in [0.1, 0.15) is 31.0 Å². The Kier molecular flexibility index (Phi) is 5.41. The molecular formula is C16H19F3N4. The molecule has 0 aliphatic heterocycles. The van der Waals surface area contributed by atoms with Gasteiger partial charge in [-0.25, -0.2) is 4.98 Å². The summed E-state index contributed by atoms with van der Waals surface area (Å²) in [4.78, 5) is 8.48. The number of hydrogen-bond donors (Lipinski definition) is 2. The summed E-state index contributed by atoms with van der Waals surface area (Å²) >= 11 is 0. The van der Waals surface area contributed by atoms with E-state index in [2.05, 4.69) is 27.5 Å². The Hall–Kier alpha value is -2.31. The molecular weight excluding hydrogens is 305 g/mol. The molecule has 0 spiro atoms. The molecule has 2 N–H and O–H groups in total. The Morgan fingerprint density at radius 2 is 1.91 bits per heavy atom. The van der Waals surface area contributed by atoms with E-state index in [0.717, 1.165) is 37.2 Å². The summed E-state index contributed by atoms with van der Waals surface area (Å²) < 4.78 is 38.2. The average Bonchev–Trinajstić information content (AvgIpc) is 2.46. The third kappa shape index (κ3) is 5.12. The summed E-state index contributed by atoms with van der Waals surface area (Å²) in [6, 6.07) is 6.76. The summed E-state index contributed by atoms with van der Waals surface area (Å²) in [5.41, 5.74) is 0.315. The minimum atomic E-state index is -4.38. The number of anilines is 3. The smallest absolute Gasteiger partial charge is 0.370 e. The van der Waals surface area contributed by atoms with Crippen LogP contribution < -0.4 is 10.6 Å². The normalized spacial score (nSPS) is 11.3. The van der Waals surface area contributed by atoms with E-state index < -0.39 is 11.7 Å². The zero-order chi connectivity index (χ0) is 16.9. The van der Waals surface area contributed by atoms with Crippen LogP contribution in [-0.2, 0) is 6.18 Å². The van der Waals surface area contributed by atoms with Crippen molar-refractivity contribution in [1.82, 2.24) is 9.97 Å². The van der Waals surface area contributed by atoms with Crippen molar-refractivity contribution < 1.29 is 13.2 Å². The highest BCUT2D eigenvalue weighted by Gasteiger charge is 2.30. The maximum atomic E-state index is 12.7. The average molecular weight is 324 g/mol. The van der Waals surface area contributed by atoms with Crippen molar-refractivity contribution in [2.45, 2.75) is 32.9 Å². The zero-order valence-electron chi connectivity index (χ0n) is 13.0. The fourth-order valence-corrected chi connectivity index (χ4v) is 2.01. The van der Waals surface area contributed by atoms with Crippen LogP contribution in [0.4, 0.5) is 30.6 Å². The first-order valence-electron chi connectivity index (χ1n) is 7.42. The minimum Gasteiger partial charge on any atom is -0.370 e. The molecule has 0 radical (unpaired) electrons. The van der Waals surface area contributed by atoms with Gasteiger partial charge in [0.1, 0.15) is 5.82 Å². The number of rotatable bonds is 6. The summed E-state index contributed by atoms with van der Waals surface area (Å²) in [7, 11) is 0. The molecule has 0 saturated heterocycles. The molecule has 2 aromatic rings. The molecule has 0 saturated carbocycles. The van der Waals surface area contributed by atoms with E-state index in [1.54, 1.807) is 12.1 Å². The van der Waals surface area contributed by atoms with Gasteiger partial charge < -0.3 is 10.6 Å². The van der Waals surface area contributed by atoms with Crippen molar-refractivity contribution in [2.24, 2.45) is 0 Å². The second kappa shape index (κ2) is 7.30. The molecule has 2 rings (SSSR count). The second-order valence-electron chi connectivity index (χ2n) is 5.20. The molecule has 1 aromatic heterocycles. The molecule has 1 heterocycles. The van der Waals surface area contributed by atoms with E-state index in [4.69, 9.17) is 0 Å². The van der Waals surface area contributed by atoms with Crippen LogP contribution in [0.15, 0.2) is 30.3 Å². The van der Waals surface area contributed by atoms with Crippen LogP contribution in [0, 0.1) is 6.92 Å². The molecule has 1 aromatic carbocycles. The van der Waals surface area contributed by atoms with Gasteiger partial charge in [0.15, 0.2) is 0 Å². The van der Waals surface area contributed by atoms with Crippen molar-refractivity contribution in [1.29, 1.82) is 0 Å². The fourth-order valence-electron chi connectivity index (χ4n) is 2.01. The molecule has 0 atom stereocenters. The van der Waals surface area contributed by atoms with Gasteiger partial charge >= 0.3 is 6.18 Å². The van der Waals surface area contributed by atoms with Gasteiger partial charge in [0.05, 0.1) is 5.56 Å². The lowest BCUT2D eigenvalue weighted by molar-refractivity contribution is -0.137. The number of nitrogens with one attached hydrogen (secondary N) is 2. The van der Waals surface area contributed by atoms with Gasteiger partial charge in [-0.15, -0.1) is 0 Å². The monoisotopic (exact) mass is 324 g/mol. The van der Waals surface area contributed by atoms with E-state index >= 15 is 0 Å². The number of nitrogens with zero attached hydrogens (tertiary/aromatic N) is 2. The zero-order valence-corrected chi connectivity index (χ0v) is 13.0. The Morgan fingerprint density at radius 3 is 2.61 bits per heavy atom. The summed E-state index contributed by atoms with van der Waals surface area (Å²) in [5, 5.41) is 6.00. The van der Waals surface area contributed by atoms with E-state index in [9.17, 15) is 13.2 Å². The Morgan fingerprint density at radius 1 is 1.13 bits per heavy atom. The van der Waals surface area contributed by atoms with Crippen molar-refractivity contribution in [3.8, 4) is 0 Å².